The topological polar surface area (TPSA) is 51.4 Å². The molecule has 0 spiro atoms. The molecule has 0 bridgehead atoms. The van der Waals surface area contributed by atoms with Crippen molar-refractivity contribution in [1.82, 2.24) is 4.98 Å². The van der Waals surface area contributed by atoms with Crippen molar-refractivity contribution < 1.29 is 4.74 Å². The first kappa shape index (κ1) is 12.0. The van der Waals surface area contributed by atoms with Crippen molar-refractivity contribution in [3.63, 3.8) is 0 Å². The quantitative estimate of drug-likeness (QED) is 0.808. The molecule has 1 aromatic heterocycles. The van der Waals surface area contributed by atoms with Crippen molar-refractivity contribution in [1.29, 1.82) is 0 Å². The van der Waals surface area contributed by atoms with Gasteiger partial charge >= 0.3 is 0 Å². The molecule has 2 aliphatic rings. The number of anilines is 2. The first-order valence-corrected chi connectivity index (χ1v) is 7.35. The zero-order valence-electron chi connectivity index (χ0n) is 11.5. The molecule has 4 rings (SSSR count). The second-order valence-electron chi connectivity index (χ2n) is 5.70. The van der Waals surface area contributed by atoms with Crippen LogP contribution in [0.1, 0.15) is 19.3 Å². The van der Waals surface area contributed by atoms with Gasteiger partial charge in [0.2, 0.25) is 0 Å². The molecule has 1 saturated heterocycles. The lowest BCUT2D eigenvalue weighted by Crippen LogP contribution is -2.48. The molecule has 20 heavy (non-hydrogen) atoms. The molecule has 2 fully saturated rings. The van der Waals surface area contributed by atoms with E-state index in [9.17, 15) is 0 Å². The van der Waals surface area contributed by atoms with E-state index >= 15 is 0 Å². The molecule has 1 saturated carbocycles. The first-order chi connectivity index (χ1) is 9.84. The normalized spacial score (nSPS) is 25.9. The molecule has 1 aliphatic carbocycles. The molecule has 104 valence electrons. The van der Waals surface area contributed by atoms with Crippen LogP contribution in [0.3, 0.4) is 0 Å². The summed E-state index contributed by atoms with van der Waals surface area (Å²) in [4.78, 5) is 6.72. The number of ether oxygens (including phenoxy) is 1. The SMILES string of the molecule is Nc1ccc(N2CCOC3CCCC32)c2ccncc12. The number of nitrogen functional groups attached to an aromatic ring is 1. The number of hydrogen-bond donors (Lipinski definition) is 1. The molecule has 4 heteroatoms. The maximum atomic E-state index is 6.08. The van der Waals surface area contributed by atoms with Crippen molar-refractivity contribution in [3.8, 4) is 0 Å². The monoisotopic (exact) mass is 269 g/mol. The number of fused-ring (bicyclic) bond motifs is 2. The van der Waals surface area contributed by atoms with E-state index in [1.54, 1.807) is 0 Å². The second-order valence-corrected chi connectivity index (χ2v) is 5.70. The summed E-state index contributed by atoms with van der Waals surface area (Å²) in [6.07, 6.45) is 7.79. The van der Waals surface area contributed by atoms with E-state index in [1.165, 1.54) is 30.3 Å². The molecule has 2 N–H and O–H groups in total. The predicted octanol–water partition coefficient (Wildman–Crippen LogP) is 2.57. The third kappa shape index (κ3) is 1.75. The summed E-state index contributed by atoms with van der Waals surface area (Å²) in [5, 5.41) is 2.25. The highest BCUT2D eigenvalue weighted by Gasteiger charge is 2.36. The fraction of sp³-hybridized carbons (Fsp3) is 0.438. The largest absolute Gasteiger partial charge is 0.398 e. The van der Waals surface area contributed by atoms with E-state index in [2.05, 4.69) is 22.0 Å². The van der Waals surface area contributed by atoms with Crippen molar-refractivity contribution >= 4 is 22.1 Å². The van der Waals surface area contributed by atoms with Gasteiger partial charge in [-0.1, -0.05) is 0 Å². The average molecular weight is 269 g/mol. The number of pyridine rings is 1. The summed E-state index contributed by atoms with van der Waals surface area (Å²) in [6.45, 7) is 1.78. The number of benzene rings is 1. The van der Waals surface area contributed by atoms with Crippen molar-refractivity contribution in [2.45, 2.75) is 31.4 Å². The Morgan fingerprint density at radius 1 is 1.20 bits per heavy atom. The molecule has 2 atom stereocenters. The van der Waals surface area contributed by atoms with Crippen molar-refractivity contribution in [2.24, 2.45) is 0 Å². The van der Waals surface area contributed by atoms with Crippen LogP contribution in [0.4, 0.5) is 11.4 Å². The van der Waals surface area contributed by atoms with Crippen LogP contribution in [0.2, 0.25) is 0 Å². The predicted molar refractivity (Wildman–Crippen MR) is 80.9 cm³/mol. The molecule has 0 radical (unpaired) electrons. The maximum absolute atomic E-state index is 6.08. The van der Waals surface area contributed by atoms with Gasteiger partial charge in [0.25, 0.3) is 0 Å². The molecule has 2 unspecified atom stereocenters. The highest BCUT2D eigenvalue weighted by molar-refractivity contribution is 6.01. The zero-order chi connectivity index (χ0) is 13.5. The Labute approximate surface area is 118 Å². The van der Waals surface area contributed by atoms with Gasteiger partial charge in [-0.15, -0.1) is 0 Å². The van der Waals surface area contributed by atoms with E-state index < -0.39 is 0 Å². The maximum Gasteiger partial charge on any atom is 0.0779 e. The minimum absolute atomic E-state index is 0.401. The van der Waals surface area contributed by atoms with Gasteiger partial charge in [0.15, 0.2) is 0 Å². The summed E-state index contributed by atoms with van der Waals surface area (Å²) in [5.41, 5.74) is 8.15. The fourth-order valence-corrected chi connectivity index (χ4v) is 3.67. The lowest BCUT2D eigenvalue weighted by molar-refractivity contribution is 0.0257. The Kier molecular flexibility index (Phi) is 2.77. The van der Waals surface area contributed by atoms with Crippen LogP contribution < -0.4 is 10.6 Å². The number of nitrogens with two attached hydrogens (primary N) is 1. The van der Waals surface area contributed by atoms with Gasteiger partial charge in [-0.25, -0.2) is 0 Å². The van der Waals surface area contributed by atoms with Crippen LogP contribution in [0.15, 0.2) is 30.6 Å². The van der Waals surface area contributed by atoms with Gasteiger partial charge in [-0.3, -0.25) is 4.98 Å². The Bertz CT molecular complexity index is 643. The Morgan fingerprint density at radius 2 is 2.15 bits per heavy atom. The van der Waals surface area contributed by atoms with Crippen molar-refractivity contribution in [2.75, 3.05) is 23.8 Å². The van der Waals surface area contributed by atoms with Gasteiger partial charge in [-0.2, -0.15) is 0 Å². The van der Waals surface area contributed by atoms with Gasteiger partial charge in [-0.05, 0) is 37.5 Å². The molecule has 1 aliphatic heterocycles. The summed E-state index contributed by atoms with van der Waals surface area (Å²) < 4.78 is 5.91. The highest BCUT2D eigenvalue weighted by Crippen LogP contribution is 2.37. The van der Waals surface area contributed by atoms with Crippen LogP contribution in [-0.2, 0) is 4.74 Å². The minimum Gasteiger partial charge on any atom is -0.398 e. The van der Waals surface area contributed by atoms with E-state index in [4.69, 9.17) is 10.5 Å². The zero-order valence-corrected chi connectivity index (χ0v) is 11.5. The smallest absolute Gasteiger partial charge is 0.0779 e. The number of aromatic nitrogens is 1. The average Bonchev–Trinajstić information content (AvgIpc) is 2.97. The highest BCUT2D eigenvalue weighted by atomic mass is 16.5. The van der Waals surface area contributed by atoms with Gasteiger partial charge in [0, 0.05) is 41.1 Å². The summed E-state index contributed by atoms with van der Waals surface area (Å²) in [5.74, 6) is 0. The standard InChI is InChI=1S/C16H19N3O/c17-13-4-5-14(11-6-7-18-10-12(11)13)19-8-9-20-16-3-1-2-15(16)19/h4-7,10,15-16H,1-3,8-9,17H2. The molecular formula is C16H19N3O. The summed E-state index contributed by atoms with van der Waals surface area (Å²) in [7, 11) is 0. The lowest BCUT2D eigenvalue weighted by atomic mass is 10.0. The first-order valence-electron chi connectivity index (χ1n) is 7.35. The molecule has 1 aromatic carbocycles. The second kappa shape index (κ2) is 4.63. The fourth-order valence-electron chi connectivity index (χ4n) is 3.67. The molecule has 0 amide bonds. The molecule has 4 nitrogen and oxygen atoms in total. The van der Waals surface area contributed by atoms with Crippen LogP contribution in [-0.4, -0.2) is 30.3 Å². The number of nitrogens with zero attached hydrogens (tertiary/aromatic N) is 2. The Balaban J connectivity index is 1.83. The molecular weight excluding hydrogens is 250 g/mol. The number of hydrogen-bond acceptors (Lipinski definition) is 4. The van der Waals surface area contributed by atoms with Crippen LogP contribution in [0.25, 0.3) is 10.8 Å². The van der Waals surface area contributed by atoms with Gasteiger partial charge < -0.3 is 15.4 Å². The van der Waals surface area contributed by atoms with Crippen molar-refractivity contribution in [3.05, 3.63) is 30.6 Å². The van der Waals surface area contributed by atoms with Gasteiger partial charge in [0.05, 0.1) is 18.8 Å². The minimum atomic E-state index is 0.401. The summed E-state index contributed by atoms with van der Waals surface area (Å²) >= 11 is 0. The van der Waals surface area contributed by atoms with E-state index in [0.717, 1.165) is 24.2 Å². The van der Waals surface area contributed by atoms with Crippen LogP contribution >= 0.6 is 0 Å². The van der Waals surface area contributed by atoms with E-state index in [-0.39, 0.29) is 0 Å². The van der Waals surface area contributed by atoms with Crippen LogP contribution in [0, 0.1) is 0 Å². The van der Waals surface area contributed by atoms with E-state index in [0.29, 0.717) is 12.1 Å². The third-order valence-corrected chi connectivity index (χ3v) is 4.62. The molecule has 2 aromatic rings. The summed E-state index contributed by atoms with van der Waals surface area (Å²) in [6, 6.07) is 6.74. The third-order valence-electron chi connectivity index (χ3n) is 4.62. The Hall–Kier alpha value is -1.81. The molecule has 2 heterocycles. The Morgan fingerprint density at radius 3 is 3.10 bits per heavy atom. The number of rotatable bonds is 1. The van der Waals surface area contributed by atoms with E-state index in [1.807, 2.05) is 18.5 Å². The number of morpholine rings is 1. The lowest BCUT2D eigenvalue weighted by Gasteiger charge is -2.40. The van der Waals surface area contributed by atoms with Crippen LogP contribution in [0.5, 0.6) is 0 Å². The van der Waals surface area contributed by atoms with Gasteiger partial charge in [0.1, 0.15) is 0 Å².